The Bertz CT molecular complexity index is 788. The third kappa shape index (κ3) is 1.80. The van der Waals surface area contributed by atoms with Crippen LogP contribution in [0, 0.1) is 6.92 Å². The fourth-order valence-corrected chi connectivity index (χ4v) is 3.13. The zero-order valence-corrected chi connectivity index (χ0v) is 11.6. The third-order valence-corrected chi connectivity index (χ3v) is 4.12. The van der Waals surface area contributed by atoms with Crippen molar-refractivity contribution in [1.82, 2.24) is 4.98 Å². The van der Waals surface area contributed by atoms with Crippen molar-refractivity contribution in [3.8, 4) is 0 Å². The second-order valence-corrected chi connectivity index (χ2v) is 5.56. The lowest BCUT2D eigenvalue weighted by atomic mass is 9.99. The number of hydrogen-bond donors (Lipinski definition) is 0. The van der Waals surface area contributed by atoms with E-state index in [1.54, 1.807) is 0 Å². The lowest BCUT2D eigenvalue weighted by Crippen LogP contribution is -2.01. The first-order chi connectivity index (χ1) is 9.83. The molecule has 1 aliphatic rings. The Labute approximate surface area is 118 Å². The highest BCUT2D eigenvalue weighted by molar-refractivity contribution is 6.06. The maximum absolute atomic E-state index is 5.87. The number of fused-ring (bicyclic) bond motifs is 3. The molecule has 1 aliphatic heterocycles. The zero-order valence-electron chi connectivity index (χ0n) is 11.6. The van der Waals surface area contributed by atoms with E-state index >= 15 is 0 Å². The lowest BCUT2D eigenvalue weighted by Gasteiger charge is -2.14. The summed E-state index contributed by atoms with van der Waals surface area (Å²) in [5, 5.41) is 3.76. The Kier molecular flexibility index (Phi) is 2.71. The summed E-state index contributed by atoms with van der Waals surface area (Å²) >= 11 is 0. The van der Waals surface area contributed by atoms with Crippen LogP contribution in [0.2, 0.25) is 0 Å². The topological polar surface area (TPSA) is 22.1 Å². The number of benzene rings is 2. The lowest BCUT2D eigenvalue weighted by molar-refractivity contribution is 0.110. The highest BCUT2D eigenvalue weighted by atomic mass is 16.5. The number of hydrogen-bond acceptors (Lipinski definition) is 2. The molecule has 0 radical (unpaired) electrons. The SMILES string of the molecule is Cc1ccc2c(c1)c(C1CCCO1)nc1ccccc12. The van der Waals surface area contributed by atoms with Crippen molar-refractivity contribution >= 4 is 21.7 Å². The number of aryl methyl sites for hydroxylation is 1. The molecule has 3 aromatic rings. The molecular formula is C18H17NO. The molecule has 2 aromatic carbocycles. The van der Waals surface area contributed by atoms with Gasteiger partial charge in [0.15, 0.2) is 0 Å². The van der Waals surface area contributed by atoms with Gasteiger partial charge in [-0.05, 0) is 37.3 Å². The molecule has 1 atom stereocenters. The van der Waals surface area contributed by atoms with Crippen LogP contribution in [0.15, 0.2) is 42.5 Å². The first-order valence-electron chi connectivity index (χ1n) is 7.23. The number of aromatic nitrogens is 1. The van der Waals surface area contributed by atoms with Crippen molar-refractivity contribution < 1.29 is 4.74 Å². The van der Waals surface area contributed by atoms with Crippen molar-refractivity contribution in [2.75, 3.05) is 6.61 Å². The average Bonchev–Trinajstić information content (AvgIpc) is 3.00. The third-order valence-electron chi connectivity index (χ3n) is 4.12. The molecule has 2 heterocycles. The van der Waals surface area contributed by atoms with Crippen LogP contribution < -0.4 is 0 Å². The van der Waals surface area contributed by atoms with E-state index < -0.39 is 0 Å². The zero-order chi connectivity index (χ0) is 13.5. The first-order valence-corrected chi connectivity index (χ1v) is 7.23. The van der Waals surface area contributed by atoms with Gasteiger partial charge in [0.1, 0.15) is 6.10 Å². The summed E-state index contributed by atoms with van der Waals surface area (Å²) in [6.07, 6.45) is 2.37. The van der Waals surface area contributed by atoms with E-state index in [2.05, 4.69) is 49.4 Å². The van der Waals surface area contributed by atoms with Crippen molar-refractivity contribution in [2.24, 2.45) is 0 Å². The molecular weight excluding hydrogens is 246 g/mol. The standard InChI is InChI=1S/C18H17NO/c1-12-8-9-13-14-5-2-3-6-16(14)19-18(15(13)11-12)17-7-4-10-20-17/h2-3,5-6,8-9,11,17H,4,7,10H2,1H3. The minimum atomic E-state index is 0.156. The van der Waals surface area contributed by atoms with E-state index in [0.29, 0.717) is 0 Å². The highest BCUT2D eigenvalue weighted by Gasteiger charge is 2.22. The summed E-state index contributed by atoms with van der Waals surface area (Å²) in [6.45, 7) is 2.99. The van der Waals surface area contributed by atoms with Gasteiger partial charge >= 0.3 is 0 Å². The Morgan fingerprint density at radius 3 is 2.80 bits per heavy atom. The second kappa shape index (κ2) is 4.57. The number of ether oxygens (including phenoxy) is 1. The molecule has 0 spiro atoms. The molecule has 0 bridgehead atoms. The quantitative estimate of drug-likeness (QED) is 0.601. The van der Waals surface area contributed by atoms with Gasteiger partial charge in [-0.15, -0.1) is 0 Å². The first kappa shape index (κ1) is 11.9. The van der Waals surface area contributed by atoms with E-state index in [-0.39, 0.29) is 6.10 Å². The van der Waals surface area contributed by atoms with Gasteiger partial charge in [0.25, 0.3) is 0 Å². The largest absolute Gasteiger partial charge is 0.372 e. The van der Waals surface area contributed by atoms with Crippen LogP contribution in [-0.4, -0.2) is 11.6 Å². The van der Waals surface area contributed by atoms with Gasteiger partial charge in [0, 0.05) is 17.4 Å². The maximum Gasteiger partial charge on any atom is 0.100 e. The van der Waals surface area contributed by atoms with Crippen LogP contribution in [0.1, 0.15) is 30.2 Å². The Morgan fingerprint density at radius 2 is 1.95 bits per heavy atom. The summed E-state index contributed by atoms with van der Waals surface area (Å²) in [5.74, 6) is 0. The average molecular weight is 263 g/mol. The minimum absolute atomic E-state index is 0.156. The molecule has 2 nitrogen and oxygen atoms in total. The molecule has 0 amide bonds. The number of nitrogens with zero attached hydrogens (tertiary/aromatic N) is 1. The van der Waals surface area contributed by atoms with Crippen LogP contribution >= 0.6 is 0 Å². The Morgan fingerprint density at radius 1 is 1.05 bits per heavy atom. The summed E-state index contributed by atoms with van der Waals surface area (Å²) < 4.78 is 5.87. The van der Waals surface area contributed by atoms with E-state index in [9.17, 15) is 0 Å². The molecule has 1 fully saturated rings. The van der Waals surface area contributed by atoms with Gasteiger partial charge < -0.3 is 4.74 Å². The summed E-state index contributed by atoms with van der Waals surface area (Å²) in [7, 11) is 0. The fourth-order valence-electron chi connectivity index (χ4n) is 3.13. The van der Waals surface area contributed by atoms with Gasteiger partial charge in [-0.2, -0.15) is 0 Å². The number of para-hydroxylation sites is 1. The van der Waals surface area contributed by atoms with Gasteiger partial charge in [-0.25, -0.2) is 4.98 Å². The summed E-state index contributed by atoms with van der Waals surface area (Å²) in [6, 6.07) is 15.0. The Balaban J connectivity index is 2.10. The Hall–Kier alpha value is -1.93. The maximum atomic E-state index is 5.87. The van der Waals surface area contributed by atoms with E-state index in [1.807, 2.05) is 0 Å². The number of pyridine rings is 1. The van der Waals surface area contributed by atoms with E-state index in [4.69, 9.17) is 9.72 Å². The summed E-state index contributed by atoms with van der Waals surface area (Å²) in [4.78, 5) is 4.90. The van der Waals surface area contributed by atoms with Gasteiger partial charge in [-0.1, -0.05) is 35.9 Å². The van der Waals surface area contributed by atoms with Crippen molar-refractivity contribution in [3.05, 3.63) is 53.7 Å². The van der Waals surface area contributed by atoms with Crippen LogP contribution in [0.25, 0.3) is 21.7 Å². The minimum Gasteiger partial charge on any atom is -0.372 e. The van der Waals surface area contributed by atoms with Gasteiger partial charge in [-0.3, -0.25) is 0 Å². The van der Waals surface area contributed by atoms with Crippen LogP contribution in [0.5, 0.6) is 0 Å². The van der Waals surface area contributed by atoms with Crippen LogP contribution in [0.3, 0.4) is 0 Å². The van der Waals surface area contributed by atoms with E-state index in [1.165, 1.54) is 21.7 Å². The van der Waals surface area contributed by atoms with E-state index in [0.717, 1.165) is 30.7 Å². The monoisotopic (exact) mass is 263 g/mol. The molecule has 0 N–H and O–H groups in total. The second-order valence-electron chi connectivity index (χ2n) is 5.56. The predicted octanol–water partition coefficient (Wildman–Crippen LogP) is 4.55. The van der Waals surface area contributed by atoms with Crippen LogP contribution in [0.4, 0.5) is 0 Å². The highest BCUT2D eigenvalue weighted by Crippen LogP contribution is 2.35. The van der Waals surface area contributed by atoms with Gasteiger partial charge in [0.05, 0.1) is 11.2 Å². The van der Waals surface area contributed by atoms with Crippen molar-refractivity contribution in [2.45, 2.75) is 25.9 Å². The molecule has 1 saturated heterocycles. The molecule has 100 valence electrons. The number of rotatable bonds is 1. The molecule has 0 saturated carbocycles. The summed E-state index contributed by atoms with van der Waals surface area (Å²) in [5.41, 5.74) is 3.45. The van der Waals surface area contributed by atoms with Crippen LogP contribution in [-0.2, 0) is 4.74 Å². The fraction of sp³-hybridized carbons (Fsp3) is 0.278. The van der Waals surface area contributed by atoms with Gasteiger partial charge in [0.2, 0.25) is 0 Å². The van der Waals surface area contributed by atoms with Crippen molar-refractivity contribution in [1.29, 1.82) is 0 Å². The molecule has 1 unspecified atom stereocenters. The molecule has 2 heteroatoms. The molecule has 0 aliphatic carbocycles. The molecule has 1 aromatic heterocycles. The molecule has 20 heavy (non-hydrogen) atoms. The normalized spacial score (nSPS) is 18.9. The predicted molar refractivity (Wildman–Crippen MR) is 81.9 cm³/mol. The van der Waals surface area contributed by atoms with Crippen molar-refractivity contribution in [3.63, 3.8) is 0 Å². The molecule has 4 rings (SSSR count). The smallest absolute Gasteiger partial charge is 0.100 e.